The van der Waals surface area contributed by atoms with Crippen molar-refractivity contribution in [3.63, 3.8) is 0 Å². The predicted molar refractivity (Wildman–Crippen MR) is 76.0 cm³/mol. The highest BCUT2D eigenvalue weighted by Crippen LogP contribution is 2.24. The van der Waals surface area contributed by atoms with Crippen LogP contribution in [0.25, 0.3) is 0 Å². The summed E-state index contributed by atoms with van der Waals surface area (Å²) in [6, 6.07) is 16.5. The summed E-state index contributed by atoms with van der Waals surface area (Å²) in [5, 5.41) is 0. The van der Waals surface area contributed by atoms with Crippen LogP contribution >= 0.6 is 15.9 Å². The molecule has 2 rings (SSSR count). The number of nitrogens with two attached hydrogens (primary N) is 1. The Hall–Kier alpha value is -1.12. The van der Waals surface area contributed by atoms with Crippen LogP contribution in [0.2, 0.25) is 0 Å². The Bertz CT molecular complexity index is 491. The van der Waals surface area contributed by atoms with Crippen molar-refractivity contribution in [1.82, 2.24) is 0 Å². The molecule has 2 heteroatoms. The van der Waals surface area contributed by atoms with Gasteiger partial charge < -0.3 is 5.73 Å². The van der Waals surface area contributed by atoms with Crippen LogP contribution in [0, 0.1) is 0 Å². The number of benzene rings is 2. The lowest BCUT2D eigenvalue weighted by Crippen LogP contribution is -2.13. The fourth-order valence-electron chi connectivity index (χ4n) is 2.01. The van der Waals surface area contributed by atoms with Crippen molar-refractivity contribution >= 4 is 15.9 Å². The summed E-state index contributed by atoms with van der Waals surface area (Å²) in [4.78, 5) is 0. The molecule has 0 saturated heterocycles. The van der Waals surface area contributed by atoms with E-state index < -0.39 is 0 Å². The molecule has 1 atom stereocenters. The summed E-state index contributed by atoms with van der Waals surface area (Å²) in [6.07, 6.45) is 1.01. The van der Waals surface area contributed by atoms with Gasteiger partial charge in [0.05, 0.1) is 6.04 Å². The minimum Gasteiger partial charge on any atom is -0.320 e. The first kappa shape index (κ1) is 12.3. The lowest BCUT2D eigenvalue weighted by atomic mass is 9.94. The Morgan fingerprint density at radius 3 is 2.35 bits per heavy atom. The second-order valence-electron chi connectivity index (χ2n) is 4.08. The molecule has 0 bridgehead atoms. The highest BCUT2D eigenvalue weighted by atomic mass is 79.9. The largest absolute Gasteiger partial charge is 0.320 e. The molecular formula is C15H16BrN. The van der Waals surface area contributed by atoms with Crippen molar-refractivity contribution in [3.05, 3.63) is 69.7 Å². The first-order valence-corrected chi connectivity index (χ1v) is 6.60. The number of halogens is 1. The molecule has 0 spiro atoms. The third-order valence-electron chi connectivity index (χ3n) is 3.00. The van der Waals surface area contributed by atoms with Crippen molar-refractivity contribution in [2.45, 2.75) is 19.4 Å². The molecule has 0 amide bonds. The van der Waals surface area contributed by atoms with E-state index >= 15 is 0 Å². The van der Waals surface area contributed by atoms with Gasteiger partial charge in [-0.15, -0.1) is 0 Å². The van der Waals surface area contributed by atoms with Crippen molar-refractivity contribution in [3.8, 4) is 0 Å². The van der Waals surface area contributed by atoms with Gasteiger partial charge in [-0.3, -0.25) is 0 Å². The second kappa shape index (κ2) is 5.48. The fourth-order valence-corrected chi connectivity index (χ4v) is 2.27. The van der Waals surface area contributed by atoms with Crippen molar-refractivity contribution < 1.29 is 0 Å². The van der Waals surface area contributed by atoms with E-state index in [0.29, 0.717) is 0 Å². The highest BCUT2D eigenvalue weighted by molar-refractivity contribution is 9.10. The van der Waals surface area contributed by atoms with E-state index in [2.05, 4.69) is 53.2 Å². The van der Waals surface area contributed by atoms with E-state index in [1.807, 2.05) is 18.2 Å². The summed E-state index contributed by atoms with van der Waals surface area (Å²) in [7, 11) is 0. The molecule has 2 aromatic carbocycles. The Kier molecular flexibility index (Phi) is 3.97. The average molecular weight is 290 g/mol. The molecule has 2 aromatic rings. The summed E-state index contributed by atoms with van der Waals surface area (Å²) in [6.45, 7) is 2.16. The number of aryl methyl sites for hydroxylation is 1. The molecule has 0 aliphatic heterocycles. The number of rotatable bonds is 3. The molecule has 0 aliphatic rings. The molecule has 0 aromatic heterocycles. The fraction of sp³-hybridized carbons (Fsp3) is 0.200. The quantitative estimate of drug-likeness (QED) is 0.906. The van der Waals surface area contributed by atoms with Gasteiger partial charge in [-0.25, -0.2) is 0 Å². The van der Waals surface area contributed by atoms with E-state index in [1.165, 1.54) is 11.1 Å². The van der Waals surface area contributed by atoms with E-state index in [9.17, 15) is 0 Å². The maximum atomic E-state index is 6.33. The second-order valence-corrected chi connectivity index (χ2v) is 5.00. The number of hydrogen-bond donors (Lipinski definition) is 1. The summed E-state index contributed by atoms with van der Waals surface area (Å²) in [5.41, 5.74) is 10.0. The molecule has 17 heavy (non-hydrogen) atoms. The number of hydrogen-bond acceptors (Lipinski definition) is 1. The minimum atomic E-state index is -0.0424. The monoisotopic (exact) mass is 289 g/mol. The molecule has 88 valence electrons. The maximum absolute atomic E-state index is 6.33. The zero-order valence-corrected chi connectivity index (χ0v) is 11.4. The van der Waals surface area contributed by atoms with Crippen molar-refractivity contribution in [1.29, 1.82) is 0 Å². The van der Waals surface area contributed by atoms with Gasteiger partial charge >= 0.3 is 0 Å². The van der Waals surface area contributed by atoms with E-state index in [4.69, 9.17) is 5.73 Å². The first-order valence-electron chi connectivity index (χ1n) is 5.81. The lowest BCUT2D eigenvalue weighted by molar-refractivity contribution is 0.849. The van der Waals surface area contributed by atoms with E-state index in [1.54, 1.807) is 0 Å². The Morgan fingerprint density at radius 2 is 1.71 bits per heavy atom. The van der Waals surface area contributed by atoms with E-state index in [-0.39, 0.29) is 6.04 Å². The summed E-state index contributed by atoms with van der Waals surface area (Å²) >= 11 is 3.44. The molecule has 0 radical (unpaired) electrons. The highest BCUT2D eigenvalue weighted by Gasteiger charge is 2.11. The summed E-state index contributed by atoms with van der Waals surface area (Å²) in [5.74, 6) is 0. The lowest BCUT2D eigenvalue weighted by Gasteiger charge is -2.16. The van der Waals surface area contributed by atoms with Crippen LogP contribution in [0.15, 0.2) is 53.0 Å². The van der Waals surface area contributed by atoms with Gasteiger partial charge in [0.2, 0.25) is 0 Å². The van der Waals surface area contributed by atoms with Gasteiger partial charge in [-0.2, -0.15) is 0 Å². The first-order chi connectivity index (χ1) is 8.22. The van der Waals surface area contributed by atoms with Gasteiger partial charge in [-0.1, -0.05) is 59.3 Å². The maximum Gasteiger partial charge on any atom is 0.0554 e. The van der Waals surface area contributed by atoms with Crippen LogP contribution < -0.4 is 5.73 Å². The zero-order valence-electron chi connectivity index (χ0n) is 9.86. The molecule has 0 aliphatic carbocycles. The standard InChI is InChI=1S/C15H16BrN/c1-2-11-5-3-4-6-14(11)15(17)12-7-9-13(16)10-8-12/h3-10,15H,2,17H2,1H3. The van der Waals surface area contributed by atoms with Crippen LogP contribution in [0.5, 0.6) is 0 Å². The third kappa shape index (κ3) is 2.76. The van der Waals surface area contributed by atoms with Gasteiger partial charge in [0.1, 0.15) is 0 Å². The van der Waals surface area contributed by atoms with Crippen LogP contribution in [-0.2, 0) is 6.42 Å². The molecule has 0 fully saturated rings. The van der Waals surface area contributed by atoms with Gasteiger partial charge in [0, 0.05) is 4.47 Å². The van der Waals surface area contributed by atoms with E-state index in [0.717, 1.165) is 16.5 Å². The predicted octanol–water partition coefficient (Wildman–Crippen LogP) is 4.06. The minimum absolute atomic E-state index is 0.0424. The molecule has 0 heterocycles. The topological polar surface area (TPSA) is 26.0 Å². The molecule has 2 N–H and O–H groups in total. The van der Waals surface area contributed by atoms with Crippen LogP contribution in [-0.4, -0.2) is 0 Å². The van der Waals surface area contributed by atoms with Crippen molar-refractivity contribution in [2.75, 3.05) is 0 Å². The molecule has 1 nitrogen and oxygen atoms in total. The van der Waals surface area contributed by atoms with Gasteiger partial charge in [0.25, 0.3) is 0 Å². The van der Waals surface area contributed by atoms with Crippen LogP contribution in [0.4, 0.5) is 0 Å². The van der Waals surface area contributed by atoms with Gasteiger partial charge in [-0.05, 0) is 35.2 Å². The van der Waals surface area contributed by atoms with Crippen molar-refractivity contribution in [2.24, 2.45) is 5.73 Å². The molecule has 1 unspecified atom stereocenters. The van der Waals surface area contributed by atoms with Crippen LogP contribution in [0.1, 0.15) is 29.7 Å². The molecular weight excluding hydrogens is 274 g/mol. The van der Waals surface area contributed by atoms with Gasteiger partial charge in [0.15, 0.2) is 0 Å². The SMILES string of the molecule is CCc1ccccc1C(N)c1ccc(Br)cc1. The Morgan fingerprint density at radius 1 is 1.06 bits per heavy atom. The summed E-state index contributed by atoms with van der Waals surface area (Å²) < 4.78 is 1.08. The van der Waals surface area contributed by atoms with Crippen LogP contribution in [0.3, 0.4) is 0 Å². The normalized spacial score (nSPS) is 12.4. The smallest absolute Gasteiger partial charge is 0.0554 e. The average Bonchev–Trinajstić information content (AvgIpc) is 2.39. The molecule has 0 saturated carbocycles. The Balaban J connectivity index is 2.36. The zero-order chi connectivity index (χ0) is 12.3. The third-order valence-corrected chi connectivity index (χ3v) is 3.53. The Labute approximate surface area is 111 Å².